The third kappa shape index (κ3) is 5.93. The molecule has 1 aromatic heterocycles. The first kappa shape index (κ1) is 22.0. The number of carbonyl (C=O) groups is 1. The molecule has 0 unspecified atom stereocenters. The van der Waals surface area contributed by atoms with Gasteiger partial charge in [0.05, 0.1) is 16.9 Å². The van der Waals surface area contributed by atoms with Gasteiger partial charge in [-0.05, 0) is 35.4 Å². The summed E-state index contributed by atoms with van der Waals surface area (Å²) in [7, 11) is 0. The minimum Gasteiger partial charge on any atom is -0.487 e. The molecule has 0 aliphatic heterocycles. The average Bonchev–Trinajstić information content (AvgIpc) is 2.84. The van der Waals surface area contributed by atoms with Crippen LogP contribution in [0.2, 0.25) is 5.02 Å². The Morgan fingerprint density at radius 1 is 1.03 bits per heavy atom. The number of hydrazone groups is 1. The molecule has 0 spiro atoms. The van der Waals surface area contributed by atoms with Gasteiger partial charge in [-0.2, -0.15) is 10.1 Å². The van der Waals surface area contributed by atoms with Gasteiger partial charge in [0.25, 0.3) is 5.91 Å². The average molecular weight is 459 g/mol. The van der Waals surface area contributed by atoms with Crippen LogP contribution < -0.4 is 15.9 Å². The van der Waals surface area contributed by atoms with Crippen LogP contribution in [-0.4, -0.2) is 22.1 Å². The van der Waals surface area contributed by atoms with Crippen molar-refractivity contribution in [2.24, 2.45) is 5.10 Å². The highest BCUT2D eigenvalue weighted by atomic mass is 35.5. The zero-order valence-corrected chi connectivity index (χ0v) is 18.1. The molecule has 2 N–H and O–H groups in total. The maximum Gasteiger partial charge on any atom is 0.346 e. The van der Waals surface area contributed by atoms with E-state index in [2.05, 4.69) is 20.5 Å². The molecule has 0 fully saturated rings. The topological polar surface area (TPSA) is 96.4 Å². The maximum absolute atomic E-state index is 12.4. The summed E-state index contributed by atoms with van der Waals surface area (Å²) >= 11 is 6.31. The molecule has 3 aromatic carbocycles. The predicted octanol–water partition coefficient (Wildman–Crippen LogP) is 4.43. The lowest BCUT2D eigenvalue weighted by atomic mass is 10.1. The van der Waals surface area contributed by atoms with Gasteiger partial charge in [0.1, 0.15) is 18.1 Å². The fourth-order valence-electron chi connectivity index (χ4n) is 3.01. The Bertz CT molecular complexity index is 1340. The second-order valence-corrected chi connectivity index (χ2v) is 7.42. The van der Waals surface area contributed by atoms with E-state index in [1.165, 1.54) is 12.3 Å². The monoisotopic (exact) mass is 458 g/mol. The molecular formula is C25H19ClN4O3. The summed E-state index contributed by atoms with van der Waals surface area (Å²) in [6.45, 7) is 0.402. The summed E-state index contributed by atoms with van der Waals surface area (Å²) in [5.74, 6) is -0.0265. The third-order valence-corrected chi connectivity index (χ3v) is 4.93. The van der Waals surface area contributed by atoms with Crippen LogP contribution in [0.15, 0.2) is 94.8 Å². The van der Waals surface area contributed by atoms with Crippen molar-refractivity contribution in [3.05, 3.63) is 117 Å². The molecule has 7 nitrogen and oxygen atoms in total. The van der Waals surface area contributed by atoms with E-state index in [4.69, 9.17) is 16.3 Å². The molecule has 0 radical (unpaired) electrons. The van der Waals surface area contributed by atoms with Gasteiger partial charge in [0.15, 0.2) is 0 Å². The van der Waals surface area contributed by atoms with E-state index >= 15 is 0 Å². The number of carbonyl (C=O) groups excluding carboxylic acids is 1. The number of hydrogen-bond donors (Lipinski definition) is 2. The van der Waals surface area contributed by atoms with E-state index in [1.54, 1.807) is 30.3 Å². The van der Waals surface area contributed by atoms with Crippen LogP contribution in [0, 0.1) is 0 Å². The van der Waals surface area contributed by atoms with Crippen molar-refractivity contribution >= 4 is 23.7 Å². The predicted molar refractivity (Wildman–Crippen MR) is 128 cm³/mol. The van der Waals surface area contributed by atoms with Crippen molar-refractivity contribution < 1.29 is 9.53 Å². The minimum absolute atomic E-state index is 0.0497. The fraction of sp³-hybridized carbons (Fsp3) is 0.0400. The molecule has 0 atom stereocenters. The number of amides is 1. The zero-order chi connectivity index (χ0) is 23.0. The molecule has 0 saturated heterocycles. The van der Waals surface area contributed by atoms with Crippen molar-refractivity contribution in [3.8, 4) is 17.0 Å². The van der Waals surface area contributed by atoms with E-state index in [-0.39, 0.29) is 5.69 Å². The summed E-state index contributed by atoms with van der Waals surface area (Å²) in [6.07, 6.45) is 1.45. The van der Waals surface area contributed by atoms with Crippen LogP contribution in [0.25, 0.3) is 11.3 Å². The molecule has 0 aliphatic carbocycles. The SMILES string of the molecule is O=C(N/N=C/c1ccc(OCc2ccccc2)c(Cl)c1)c1cc(-c2ccccc2)nc(=O)[nH]1. The van der Waals surface area contributed by atoms with Crippen molar-refractivity contribution in [2.45, 2.75) is 6.61 Å². The number of aromatic nitrogens is 2. The quantitative estimate of drug-likeness (QED) is 0.316. The van der Waals surface area contributed by atoms with E-state index in [0.29, 0.717) is 28.6 Å². The molecular weight excluding hydrogens is 440 g/mol. The van der Waals surface area contributed by atoms with E-state index in [1.807, 2.05) is 48.5 Å². The molecule has 1 amide bonds. The lowest BCUT2D eigenvalue weighted by molar-refractivity contribution is 0.0949. The van der Waals surface area contributed by atoms with Gasteiger partial charge in [-0.3, -0.25) is 4.79 Å². The van der Waals surface area contributed by atoms with Crippen LogP contribution in [0.5, 0.6) is 5.75 Å². The number of aromatic amines is 1. The smallest absolute Gasteiger partial charge is 0.346 e. The molecule has 0 bridgehead atoms. The van der Waals surface area contributed by atoms with Crippen LogP contribution in [-0.2, 0) is 6.61 Å². The first-order valence-corrected chi connectivity index (χ1v) is 10.4. The van der Waals surface area contributed by atoms with Crippen molar-refractivity contribution in [1.82, 2.24) is 15.4 Å². The molecule has 164 valence electrons. The van der Waals surface area contributed by atoms with E-state index < -0.39 is 11.6 Å². The summed E-state index contributed by atoms with van der Waals surface area (Å²) in [5.41, 5.74) is 4.64. The highest BCUT2D eigenvalue weighted by molar-refractivity contribution is 6.32. The van der Waals surface area contributed by atoms with Gasteiger partial charge in [-0.1, -0.05) is 72.3 Å². The summed E-state index contributed by atoms with van der Waals surface area (Å²) in [6, 6.07) is 25.6. The number of nitrogens with one attached hydrogen (secondary N) is 2. The zero-order valence-electron chi connectivity index (χ0n) is 17.4. The molecule has 33 heavy (non-hydrogen) atoms. The van der Waals surface area contributed by atoms with E-state index in [9.17, 15) is 9.59 Å². The number of rotatable bonds is 7. The lowest BCUT2D eigenvalue weighted by Gasteiger charge is -2.08. The number of ether oxygens (including phenoxy) is 1. The Labute approximate surface area is 194 Å². The molecule has 0 aliphatic rings. The molecule has 1 heterocycles. The molecule has 0 saturated carbocycles. The Balaban J connectivity index is 1.40. The Morgan fingerprint density at radius 3 is 2.48 bits per heavy atom. The maximum atomic E-state index is 12.4. The lowest BCUT2D eigenvalue weighted by Crippen LogP contribution is -2.24. The Morgan fingerprint density at radius 2 is 1.76 bits per heavy atom. The Hall–Kier alpha value is -4.23. The van der Waals surface area contributed by atoms with E-state index in [0.717, 1.165) is 11.1 Å². The number of halogens is 1. The Kier molecular flexibility index (Phi) is 6.92. The highest BCUT2D eigenvalue weighted by Gasteiger charge is 2.10. The number of H-pyrrole nitrogens is 1. The number of benzene rings is 3. The summed E-state index contributed by atoms with van der Waals surface area (Å²) in [5, 5.41) is 4.37. The van der Waals surface area contributed by atoms with Crippen molar-refractivity contribution in [2.75, 3.05) is 0 Å². The normalized spacial score (nSPS) is 10.8. The van der Waals surface area contributed by atoms with Crippen molar-refractivity contribution in [1.29, 1.82) is 0 Å². The second-order valence-electron chi connectivity index (χ2n) is 7.01. The van der Waals surface area contributed by atoms with Gasteiger partial charge in [0, 0.05) is 5.56 Å². The van der Waals surface area contributed by atoms with Crippen LogP contribution in [0.3, 0.4) is 0 Å². The molecule has 4 rings (SSSR count). The molecule has 8 heteroatoms. The minimum atomic E-state index is -0.622. The number of nitrogens with zero attached hydrogens (tertiary/aromatic N) is 2. The van der Waals surface area contributed by atoms with Crippen LogP contribution >= 0.6 is 11.6 Å². The first-order chi connectivity index (χ1) is 16.1. The summed E-state index contributed by atoms with van der Waals surface area (Å²) < 4.78 is 5.75. The highest BCUT2D eigenvalue weighted by Crippen LogP contribution is 2.25. The third-order valence-electron chi connectivity index (χ3n) is 4.63. The first-order valence-electron chi connectivity index (χ1n) is 10.0. The van der Waals surface area contributed by atoms with Crippen LogP contribution in [0.1, 0.15) is 21.6 Å². The molecule has 4 aromatic rings. The van der Waals surface area contributed by atoms with Gasteiger partial charge < -0.3 is 9.72 Å². The van der Waals surface area contributed by atoms with Crippen LogP contribution in [0.4, 0.5) is 0 Å². The van der Waals surface area contributed by atoms with Crippen molar-refractivity contribution in [3.63, 3.8) is 0 Å². The van der Waals surface area contributed by atoms with Gasteiger partial charge >= 0.3 is 5.69 Å². The summed E-state index contributed by atoms with van der Waals surface area (Å²) in [4.78, 5) is 30.7. The van der Waals surface area contributed by atoms with Gasteiger partial charge in [0.2, 0.25) is 0 Å². The largest absolute Gasteiger partial charge is 0.487 e. The van der Waals surface area contributed by atoms with Gasteiger partial charge in [-0.15, -0.1) is 0 Å². The van der Waals surface area contributed by atoms with Gasteiger partial charge in [-0.25, -0.2) is 10.2 Å². The second kappa shape index (κ2) is 10.4. The fourth-order valence-corrected chi connectivity index (χ4v) is 3.26. The standard InChI is InChI=1S/C25H19ClN4O3/c26-20-13-18(11-12-23(20)33-16-17-7-3-1-4-8-17)15-27-30-24(31)22-14-21(28-25(32)29-22)19-9-5-2-6-10-19/h1-15H,16H2,(H,30,31)(H,28,29,32)/b27-15+. The number of hydrogen-bond acceptors (Lipinski definition) is 5.